The lowest BCUT2D eigenvalue weighted by atomic mass is 9.95. The molecule has 33 heavy (non-hydrogen) atoms. The summed E-state index contributed by atoms with van der Waals surface area (Å²) in [6, 6.07) is 2.96. The average Bonchev–Trinajstić information content (AvgIpc) is 2.67. The molecule has 0 aliphatic carbocycles. The molecular formula is C23H30O10. The fraction of sp³-hybridized carbons (Fsp3) is 0.522. The number of carbonyl (C=O) groups is 5. The second kappa shape index (κ2) is 13.9. The Morgan fingerprint density at radius 3 is 1.70 bits per heavy atom. The van der Waals surface area contributed by atoms with Crippen LogP contribution in [0, 0.1) is 0 Å². The summed E-state index contributed by atoms with van der Waals surface area (Å²) < 4.78 is 26.0. The number of hydrogen-bond donors (Lipinski definition) is 0. The highest BCUT2D eigenvalue weighted by Crippen LogP contribution is 2.34. The Hall–Kier alpha value is -3.43. The molecule has 0 aromatic heterocycles. The standard InChI is InChI=1S/C23H30O10/c1-14(24)29-11-6-7-19(31-16(3)26)13-21-20(10-12-30-15(2)25)22(32-17(4)27)8-9-23(21)33-18(5)28/h8-9,19H,6-7,10-13H2,1-5H3. The van der Waals surface area contributed by atoms with E-state index in [9.17, 15) is 24.0 Å². The Kier molecular flexibility index (Phi) is 11.6. The Morgan fingerprint density at radius 2 is 1.21 bits per heavy atom. The smallest absolute Gasteiger partial charge is 0.308 e. The maximum absolute atomic E-state index is 11.7. The first-order valence-corrected chi connectivity index (χ1v) is 10.4. The molecule has 0 amide bonds. The molecule has 1 atom stereocenters. The molecule has 1 aromatic carbocycles. The van der Waals surface area contributed by atoms with Crippen molar-refractivity contribution in [3.8, 4) is 11.5 Å². The van der Waals surface area contributed by atoms with E-state index in [1.165, 1.54) is 46.8 Å². The van der Waals surface area contributed by atoms with Gasteiger partial charge >= 0.3 is 29.8 Å². The predicted octanol–water partition coefficient (Wildman–Crippen LogP) is 2.46. The molecule has 0 aliphatic heterocycles. The van der Waals surface area contributed by atoms with E-state index in [-0.39, 0.29) is 37.6 Å². The summed E-state index contributed by atoms with van der Waals surface area (Å²) in [6.07, 6.45) is 0.410. The molecule has 0 spiro atoms. The number of carbonyl (C=O) groups excluding carboxylic acids is 5. The molecule has 1 unspecified atom stereocenters. The molecule has 0 saturated carbocycles. The minimum atomic E-state index is -0.646. The van der Waals surface area contributed by atoms with Crippen LogP contribution in [-0.2, 0) is 51.0 Å². The summed E-state index contributed by atoms with van der Waals surface area (Å²) in [5.74, 6) is -2.13. The van der Waals surface area contributed by atoms with Crippen molar-refractivity contribution in [2.24, 2.45) is 0 Å². The van der Waals surface area contributed by atoms with Crippen LogP contribution in [0.1, 0.15) is 58.6 Å². The third kappa shape index (κ3) is 11.1. The van der Waals surface area contributed by atoms with Crippen LogP contribution in [0.3, 0.4) is 0 Å². The second-order valence-electron chi connectivity index (χ2n) is 7.21. The molecular weight excluding hydrogens is 436 g/mol. The van der Waals surface area contributed by atoms with Gasteiger partial charge in [-0.2, -0.15) is 0 Å². The van der Waals surface area contributed by atoms with E-state index in [1.54, 1.807) is 0 Å². The van der Waals surface area contributed by atoms with Crippen LogP contribution in [0.15, 0.2) is 12.1 Å². The van der Waals surface area contributed by atoms with Crippen molar-refractivity contribution in [3.05, 3.63) is 23.3 Å². The van der Waals surface area contributed by atoms with Gasteiger partial charge < -0.3 is 23.7 Å². The SMILES string of the molecule is CC(=O)OCCCC(Cc1c(OC(C)=O)ccc(OC(C)=O)c1CCOC(C)=O)OC(C)=O. The quantitative estimate of drug-likeness (QED) is 0.196. The van der Waals surface area contributed by atoms with Gasteiger partial charge in [0.15, 0.2) is 0 Å². The van der Waals surface area contributed by atoms with E-state index in [1.807, 2.05) is 0 Å². The van der Waals surface area contributed by atoms with E-state index >= 15 is 0 Å². The minimum absolute atomic E-state index is 0.00912. The maximum Gasteiger partial charge on any atom is 0.308 e. The van der Waals surface area contributed by atoms with Crippen LogP contribution >= 0.6 is 0 Å². The van der Waals surface area contributed by atoms with Gasteiger partial charge in [0, 0.05) is 58.6 Å². The molecule has 1 aromatic rings. The first-order chi connectivity index (χ1) is 15.5. The Morgan fingerprint density at radius 1 is 0.697 bits per heavy atom. The summed E-state index contributed by atoms with van der Waals surface area (Å²) in [6.45, 7) is 6.45. The second-order valence-corrected chi connectivity index (χ2v) is 7.21. The first-order valence-electron chi connectivity index (χ1n) is 10.4. The van der Waals surface area contributed by atoms with Gasteiger partial charge in [0.1, 0.15) is 17.6 Å². The monoisotopic (exact) mass is 466 g/mol. The van der Waals surface area contributed by atoms with Crippen molar-refractivity contribution >= 4 is 29.8 Å². The largest absolute Gasteiger partial charge is 0.466 e. The highest BCUT2D eigenvalue weighted by atomic mass is 16.6. The third-order valence-corrected chi connectivity index (χ3v) is 4.25. The molecule has 0 aliphatic rings. The Bertz CT molecular complexity index is 874. The minimum Gasteiger partial charge on any atom is -0.466 e. The zero-order valence-electron chi connectivity index (χ0n) is 19.6. The lowest BCUT2D eigenvalue weighted by Gasteiger charge is -2.22. The van der Waals surface area contributed by atoms with E-state index in [4.69, 9.17) is 23.7 Å². The van der Waals surface area contributed by atoms with Gasteiger partial charge in [-0.15, -0.1) is 0 Å². The molecule has 10 nitrogen and oxygen atoms in total. The molecule has 0 saturated heterocycles. The van der Waals surface area contributed by atoms with Gasteiger partial charge in [0.2, 0.25) is 0 Å². The van der Waals surface area contributed by atoms with Gasteiger partial charge in [-0.3, -0.25) is 24.0 Å². The average molecular weight is 466 g/mol. The summed E-state index contributed by atoms with van der Waals surface area (Å²) in [5.41, 5.74) is 0.942. The van der Waals surface area contributed by atoms with Crippen molar-refractivity contribution < 1.29 is 47.7 Å². The summed E-state index contributed by atoms with van der Waals surface area (Å²) in [7, 11) is 0. The Balaban J connectivity index is 3.35. The number of hydrogen-bond acceptors (Lipinski definition) is 10. The van der Waals surface area contributed by atoms with Crippen LogP contribution in [0.4, 0.5) is 0 Å². The molecule has 0 radical (unpaired) electrons. The molecule has 1 rings (SSSR count). The molecule has 0 bridgehead atoms. The van der Waals surface area contributed by atoms with E-state index in [0.29, 0.717) is 24.0 Å². The highest BCUT2D eigenvalue weighted by molar-refractivity contribution is 5.73. The van der Waals surface area contributed by atoms with Gasteiger partial charge in [0.05, 0.1) is 13.2 Å². The lowest BCUT2D eigenvalue weighted by Crippen LogP contribution is -2.22. The van der Waals surface area contributed by atoms with E-state index in [2.05, 4.69) is 0 Å². The van der Waals surface area contributed by atoms with Crippen molar-refractivity contribution in [1.29, 1.82) is 0 Å². The van der Waals surface area contributed by atoms with Crippen molar-refractivity contribution in [1.82, 2.24) is 0 Å². The van der Waals surface area contributed by atoms with Gasteiger partial charge in [-0.1, -0.05) is 0 Å². The van der Waals surface area contributed by atoms with Crippen LogP contribution < -0.4 is 9.47 Å². The number of rotatable bonds is 12. The van der Waals surface area contributed by atoms with Crippen molar-refractivity contribution in [2.75, 3.05) is 13.2 Å². The van der Waals surface area contributed by atoms with Gasteiger partial charge in [0.25, 0.3) is 0 Å². The molecule has 182 valence electrons. The normalized spacial score (nSPS) is 11.2. The maximum atomic E-state index is 11.7. The van der Waals surface area contributed by atoms with Crippen LogP contribution in [0.5, 0.6) is 11.5 Å². The van der Waals surface area contributed by atoms with Crippen LogP contribution in [0.2, 0.25) is 0 Å². The third-order valence-electron chi connectivity index (χ3n) is 4.25. The highest BCUT2D eigenvalue weighted by Gasteiger charge is 2.23. The zero-order chi connectivity index (χ0) is 25.0. The van der Waals surface area contributed by atoms with Crippen LogP contribution in [0.25, 0.3) is 0 Å². The number of esters is 5. The number of benzene rings is 1. The number of ether oxygens (including phenoxy) is 5. The van der Waals surface area contributed by atoms with E-state index in [0.717, 1.165) is 0 Å². The lowest BCUT2D eigenvalue weighted by molar-refractivity contribution is -0.148. The fourth-order valence-electron chi connectivity index (χ4n) is 3.14. The Labute approximate surface area is 192 Å². The molecule has 0 N–H and O–H groups in total. The zero-order valence-corrected chi connectivity index (χ0v) is 19.6. The van der Waals surface area contributed by atoms with E-state index < -0.39 is 36.0 Å². The first kappa shape index (κ1) is 27.6. The summed E-state index contributed by atoms with van der Waals surface area (Å²) in [4.78, 5) is 57.2. The van der Waals surface area contributed by atoms with Crippen molar-refractivity contribution in [3.63, 3.8) is 0 Å². The summed E-state index contributed by atoms with van der Waals surface area (Å²) >= 11 is 0. The molecule has 0 fully saturated rings. The van der Waals surface area contributed by atoms with Gasteiger partial charge in [-0.25, -0.2) is 0 Å². The van der Waals surface area contributed by atoms with Crippen molar-refractivity contribution in [2.45, 2.75) is 66.4 Å². The predicted molar refractivity (Wildman–Crippen MR) is 115 cm³/mol. The fourth-order valence-corrected chi connectivity index (χ4v) is 3.14. The van der Waals surface area contributed by atoms with Gasteiger partial charge in [-0.05, 0) is 25.0 Å². The topological polar surface area (TPSA) is 132 Å². The molecule has 10 heteroatoms. The molecule has 0 heterocycles. The summed E-state index contributed by atoms with van der Waals surface area (Å²) in [5, 5.41) is 0. The van der Waals surface area contributed by atoms with Crippen LogP contribution in [-0.4, -0.2) is 49.2 Å².